The molecule has 0 aliphatic heterocycles. The van der Waals surface area contributed by atoms with Gasteiger partial charge in [0.25, 0.3) is 0 Å². The molecule has 1 unspecified atom stereocenters. The van der Waals surface area contributed by atoms with Crippen molar-refractivity contribution < 1.29 is 0 Å². The van der Waals surface area contributed by atoms with Crippen LogP contribution in [0.1, 0.15) is 20.3 Å². The minimum Gasteiger partial charge on any atom is -0.321 e. The van der Waals surface area contributed by atoms with Gasteiger partial charge in [0, 0.05) is 6.04 Å². The van der Waals surface area contributed by atoms with Crippen LogP contribution in [0, 0.1) is 0 Å². The topological polar surface area (TPSA) is 26.0 Å². The van der Waals surface area contributed by atoms with Gasteiger partial charge in [0.05, 0.1) is 0 Å². The smallest absolute Gasteiger partial charge is 0.0473 e. The summed E-state index contributed by atoms with van der Waals surface area (Å²) in [7, 11) is 0. The first kappa shape index (κ1) is 4.85. The van der Waals surface area contributed by atoms with Gasteiger partial charge in [-0.3, -0.25) is 0 Å². The summed E-state index contributed by atoms with van der Waals surface area (Å²) in [5.41, 5.74) is 8.41. The van der Waals surface area contributed by atoms with Gasteiger partial charge in [-0.1, -0.05) is 12.5 Å². The molecule has 0 radical (unpaired) electrons. The van der Waals surface area contributed by atoms with E-state index in [2.05, 4.69) is 13.8 Å². The average Bonchev–Trinajstić information content (AvgIpc) is 2.17. The molecule has 40 valence electrons. The Hall–Kier alpha value is -0.300. The van der Waals surface area contributed by atoms with E-state index in [0.717, 1.165) is 6.42 Å². The van der Waals surface area contributed by atoms with E-state index in [4.69, 9.17) is 5.73 Å². The standard InChI is InChI=1S/C6H11N/c1-3-5-4(2)6(5)7/h6H,3,7H2,1-2H3. The zero-order valence-electron chi connectivity index (χ0n) is 4.86. The lowest BCUT2D eigenvalue weighted by Crippen LogP contribution is -2.03. The molecule has 0 fully saturated rings. The summed E-state index contributed by atoms with van der Waals surface area (Å²) >= 11 is 0. The second-order valence-corrected chi connectivity index (χ2v) is 2.04. The molecule has 1 atom stereocenters. The van der Waals surface area contributed by atoms with Gasteiger partial charge in [-0.25, -0.2) is 0 Å². The van der Waals surface area contributed by atoms with E-state index in [1.54, 1.807) is 0 Å². The highest BCUT2D eigenvalue weighted by Crippen LogP contribution is 2.30. The maximum atomic E-state index is 5.55. The Morgan fingerprint density at radius 2 is 2.14 bits per heavy atom. The van der Waals surface area contributed by atoms with Gasteiger partial charge in [-0.15, -0.1) is 0 Å². The Bertz CT molecular complexity index is 113. The van der Waals surface area contributed by atoms with Gasteiger partial charge in [-0.2, -0.15) is 0 Å². The molecule has 0 saturated heterocycles. The summed E-state index contributed by atoms with van der Waals surface area (Å²) in [6.07, 6.45) is 1.15. The maximum Gasteiger partial charge on any atom is 0.0473 e. The Morgan fingerprint density at radius 1 is 1.71 bits per heavy atom. The largest absolute Gasteiger partial charge is 0.321 e. The Labute approximate surface area is 44.2 Å². The van der Waals surface area contributed by atoms with Crippen molar-refractivity contribution in [2.75, 3.05) is 0 Å². The third-order valence-electron chi connectivity index (χ3n) is 1.65. The van der Waals surface area contributed by atoms with Gasteiger partial charge < -0.3 is 5.73 Å². The lowest BCUT2D eigenvalue weighted by Gasteiger charge is -1.80. The van der Waals surface area contributed by atoms with Crippen molar-refractivity contribution >= 4 is 0 Å². The summed E-state index contributed by atoms with van der Waals surface area (Å²) < 4.78 is 0. The second-order valence-electron chi connectivity index (χ2n) is 2.04. The highest BCUT2D eigenvalue weighted by molar-refractivity contribution is 5.43. The summed E-state index contributed by atoms with van der Waals surface area (Å²) in [5, 5.41) is 0. The zero-order valence-corrected chi connectivity index (χ0v) is 4.86. The lowest BCUT2D eigenvalue weighted by molar-refractivity contribution is 1.01. The van der Waals surface area contributed by atoms with Crippen LogP contribution >= 0.6 is 0 Å². The van der Waals surface area contributed by atoms with E-state index < -0.39 is 0 Å². The van der Waals surface area contributed by atoms with Crippen molar-refractivity contribution in [2.45, 2.75) is 26.3 Å². The molecule has 0 aromatic heterocycles. The maximum absolute atomic E-state index is 5.55. The predicted molar refractivity (Wildman–Crippen MR) is 31.0 cm³/mol. The molecule has 0 aromatic rings. The van der Waals surface area contributed by atoms with Crippen LogP contribution in [0.5, 0.6) is 0 Å². The molecular formula is C6H11N. The molecule has 7 heavy (non-hydrogen) atoms. The van der Waals surface area contributed by atoms with E-state index in [0.29, 0.717) is 6.04 Å². The minimum atomic E-state index is 0.366. The van der Waals surface area contributed by atoms with E-state index >= 15 is 0 Å². The fourth-order valence-electron chi connectivity index (χ4n) is 0.914. The summed E-state index contributed by atoms with van der Waals surface area (Å²) in [6, 6.07) is 0.366. The molecule has 1 heteroatoms. The van der Waals surface area contributed by atoms with Crippen molar-refractivity contribution in [2.24, 2.45) is 5.73 Å². The Balaban J connectivity index is 2.44. The van der Waals surface area contributed by atoms with Crippen LogP contribution in [-0.2, 0) is 0 Å². The third-order valence-corrected chi connectivity index (χ3v) is 1.65. The van der Waals surface area contributed by atoms with Crippen molar-refractivity contribution in [1.82, 2.24) is 0 Å². The average molecular weight is 97.2 g/mol. The molecule has 1 aliphatic carbocycles. The molecule has 1 aliphatic rings. The molecule has 2 N–H and O–H groups in total. The Morgan fingerprint density at radius 3 is 2.14 bits per heavy atom. The van der Waals surface area contributed by atoms with Crippen LogP contribution in [0.4, 0.5) is 0 Å². The lowest BCUT2D eigenvalue weighted by atomic mass is 10.3. The van der Waals surface area contributed by atoms with Gasteiger partial charge in [0.2, 0.25) is 0 Å². The summed E-state index contributed by atoms with van der Waals surface area (Å²) in [6.45, 7) is 4.25. The quantitative estimate of drug-likeness (QED) is 0.486. The van der Waals surface area contributed by atoms with Gasteiger partial charge in [0.1, 0.15) is 0 Å². The molecule has 0 heterocycles. The number of hydrogen-bond acceptors (Lipinski definition) is 1. The van der Waals surface area contributed by atoms with Crippen LogP contribution in [-0.4, -0.2) is 6.04 Å². The monoisotopic (exact) mass is 97.1 g/mol. The summed E-state index contributed by atoms with van der Waals surface area (Å²) in [4.78, 5) is 0. The molecule has 1 nitrogen and oxygen atoms in total. The van der Waals surface area contributed by atoms with E-state index in [1.807, 2.05) is 0 Å². The third kappa shape index (κ3) is 0.570. The first-order valence-electron chi connectivity index (χ1n) is 2.72. The zero-order chi connectivity index (χ0) is 5.44. The molecule has 0 spiro atoms. The van der Waals surface area contributed by atoms with Crippen molar-refractivity contribution in [1.29, 1.82) is 0 Å². The van der Waals surface area contributed by atoms with Crippen LogP contribution in [0.25, 0.3) is 0 Å². The van der Waals surface area contributed by atoms with E-state index in [9.17, 15) is 0 Å². The molecule has 0 bridgehead atoms. The normalized spacial score (nSPS) is 28.7. The van der Waals surface area contributed by atoms with Crippen LogP contribution < -0.4 is 5.73 Å². The minimum absolute atomic E-state index is 0.366. The SMILES string of the molecule is CCC1=C(C)C1N. The van der Waals surface area contributed by atoms with Gasteiger partial charge in [-0.05, 0) is 18.9 Å². The van der Waals surface area contributed by atoms with Crippen molar-refractivity contribution in [3.8, 4) is 0 Å². The molecule has 0 aromatic carbocycles. The number of hydrogen-bond donors (Lipinski definition) is 1. The van der Waals surface area contributed by atoms with Gasteiger partial charge in [0.15, 0.2) is 0 Å². The first-order chi connectivity index (χ1) is 3.27. The summed E-state index contributed by atoms with van der Waals surface area (Å²) in [5.74, 6) is 0. The van der Waals surface area contributed by atoms with Crippen molar-refractivity contribution in [3.63, 3.8) is 0 Å². The highest BCUT2D eigenvalue weighted by Gasteiger charge is 2.25. The fourth-order valence-corrected chi connectivity index (χ4v) is 0.914. The molecule has 0 amide bonds. The first-order valence-corrected chi connectivity index (χ1v) is 2.72. The van der Waals surface area contributed by atoms with Crippen LogP contribution in [0.2, 0.25) is 0 Å². The molecule has 1 rings (SSSR count). The van der Waals surface area contributed by atoms with Crippen LogP contribution in [0.15, 0.2) is 11.1 Å². The number of rotatable bonds is 1. The molecule has 0 saturated carbocycles. The van der Waals surface area contributed by atoms with Gasteiger partial charge >= 0.3 is 0 Å². The highest BCUT2D eigenvalue weighted by atomic mass is 14.7. The molecular weight excluding hydrogens is 86.1 g/mol. The number of nitrogens with two attached hydrogens (primary N) is 1. The van der Waals surface area contributed by atoms with E-state index in [1.165, 1.54) is 11.1 Å². The predicted octanol–water partition coefficient (Wildman–Crippen LogP) is 1.05. The van der Waals surface area contributed by atoms with Crippen LogP contribution in [0.3, 0.4) is 0 Å². The van der Waals surface area contributed by atoms with E-state index in [-0.39, 0.29) is 0 Å². The Kier molecular flexibility index (Phi) is 0.927. The second kappa shape index (κ2) is 1.34. The fraction of sp³-hybridized carbons (Fsp3) is 0.667. The van der Waals surface area contributed by atoms with Crippen molar-refractivity contribution in [3.05, 3.63) is 11.1 Å².